The molecule has 0 saturated heterocycles. The molecule has 0 heterocycles. The van der Waals surface area contributed by atoms with E-state index in [0.29, 0.717) is 0 Å². The van der Waals surface area contributed by atoms with Crippen LogP contribution in [0.4, 0.5) is 11.4 Å². The van der Waals surface area contributed by atoms with Crippen LogP contribution in [0.2, 0.25) is 0 Å². The van der Waals surface area contributed by atoms with Crippen LogP contribution in [0.5, 0.6) is 0 Å². The Morgan fingerprint density at radius 2 is 1.70 bits per heavy atom. The lowest BCUT2D eigenvalue weighted by Crippen LogP contribution is -2.36. The molecular formula is C5H5BN2O2. The van der Waals surface area contributed by atoms with E-state index in [-0.39, 0.29) is 11.4 Å². The van der Waals surface area contributed by atoms with Crippen molar-refractivity contribution in [1.29, 1.82) is 0 Å². The van der Waals surface area contributed by atoms with Gasteiger partial charge in [0, 0.05) is 7.05 Å². The first-order valence-corrected chi connectivity index (χ1v) is 2.70. The summed E-state index contributed by atoms with van der Waals surface area (Å²) in [7, 11) is 6.48. The fourth-order valence-electron chi connectivity index (χ4n) is 0.768. The zero-order valence-corrected chi connectivity index (χ0v) is 5.39. The van der Waals surface area contributed by atoms with Gasteiger partial charge >= 0.3 is 0 Å². The molecule has 1 aromatic rings. The highest BCUT2D eigenvalue weighted by atomic mass is 16.2. The highest BCUT2D eigenvalue weighted by molar-refractivity contribution is 6.17. The SMILES string of the molecule is [B]Nc1c(NC)c(=O)c1=O. The molecule has 2 N–H and O–H groups in total. The molecule has 0 aliphatic carbocycles. The van der Waals surface area contributed by atoms with E-state index in [0.717, 1.165) is 0 Å². The van der Waals surface area contributed by atoms with Crippen molar-refractivity contribution < 1.29 is 0 Å². The second kappa shape index (κ2) is 2.17. The Hall–Kier alpha value is -1.26. The fraction of sp³-hybridized carbons (Fsp3) is 0.200. The van der Waals surface area contributed by atoms with Crippen LogP contribution in [0.15, 0.2) is 9.59 Å². The Morgan fingerprint density at radius 1 is 1.20 bits per heavy atom. The molecule has 1 aromatic carbocycles. The van der Waals surface area contributed by atoms with Gasteiger partial charge in [-0.2, -0.15) is 0 Å². The molecule has 50 valence electrons. The van der Waals surface area contributed by atoms with Crippen molar-refractivity contribution in [2.24, 2.45) is 0 Å². The second-order valence-electron chi connectivity index (χ2n) is 1.80. The average Bonchev–Trinajstić information content (AvgIpc) is 1.97. The minimum absolute atomic E-state index is 0.160. The van der Waals surface area contributed by atoms with Gasteiger partial charge in [-0.1, -0.05) is 0 Å². The van der Waals surface area contributed by atoms with Crippen LogP contribution < -0.4 is 21.4 Å². The van der Waals surface area contributed by atoms with Crippen molar-refractivity contribution in [3.8, 4) is 0 Å². The van der Waals surface area contributed by atoms with E-state index in [9.17, 15) is 9.59 Å². The van der Waals surface area contributed by atoms with Gasteiger partial charge in [0.25, 0.3) is 10.9 Å². The molecular weight excluding hydrogens is 131 g/mol. The summed E-state index contributed by atoms with van der Waals surface area (Å²) in [6.45, 7) is 0. The van der Waals surface area contributed by atoms with Crippen LogP contribution in [0.1, 0.15) is 0 Å². The molecule has 0 saturated carbocycles. The van der Waals surface area contributed by atoms with Gasteiger partial charge in [-0.05, 0) is 0 Å². The number of anilines is 2. The molecule has 0 aromatic heterocycles. The van der Waals surface area contributed by atoms with Crippen molar-refractivity contribution in [2.75, 3.05) is 17.6 Å². The lowest BCUT2D eigenvalue weighted by Gasteiger charge is -2.07. The lowest BCUT2D eigenvalue weighted by atomic mass is 10.1. The topological polar surface area (TPSA) is 58.2 Å². The Morgan fingerprint density at radius 3 is 2.00 bits per heavy atom. The van der Waals surface area contributed by atoms with E-state index in [4.69, 9.17) is 7.98 Å². The van der Waals surface area contributed by atoms with Crippen molar-refractivity contribution >= 4 is 19.4 Å². The maximum absolute atomic E-state index is 10.6. The molecule has 0 aliphatic heterocycles. The molecule has 1 rings (SSSR count). The highest BCUT2D eigenvalue weighted by Crippen LogP contribution is 2.10. The predicted octanol–water partition coefficient (Wildman–Crippen LogP) is -1.18. The normalized spacial score (nSPS) is 9.70. The van der Waals surface area contributed by atoms with Crippen LogP contribution in [0, 0.1) is 0 Å². The lowest BCUT2D eigenvalue weighted by molar-refractivity contribution is 1.36. The first-order valence-electron chi connectivity index (χ1n) is 2.70. The Balaban J connectivity index is 3.16. The van der Waals surface area contributed by atoms with Gasteiger partial charge in [-0.3, -0.25) is 9.59 Å². The van der Waals surface area contributed by atoms with Crippen LogP contribution in [-0.2, 0) is 0 Å². The summed E-state index contributed by atoms with van der Waals surface area (Å²) in [4.78, 5) is 21.2. The third kappa shape index (κ3) is 0.634. The Kier molecular flexibility index (Phi) is 1.49. The van der Waals surface area contributed by atoms with Crippen LogP contribution >= 0.6 is 0 Å². The summed E-state index contributed by atoms with van der Waals surface area (Å²) < 4.78 is 0. The third-order valence-electron chi connectivity index (χ3n) is 1.30. The zero-order chi connectivity index (χ0) is 7.72. The first-order chi connectivity index (χ1) is 4.72. The number of rotatable bonds is 2. The van der Waals surface area contributed by atoms with Gasteiger partial charge in [0.15, 0.2) is 0 Å². The van der Waals surface area contributed by atoms with Crippen LogP contribution in [0.25, 0.3) is 0 Å². The van der Waals surface area contributed by atoms with Crippen molar-refractivity contribution in [3.63, 3.8) is 0 Å². The van der Waals surface area contributed by atoms with Gasteiger partial charge in [0.05, 0.1) is 0 Å². The summed E-state index contributed by atoms with van der Waals surface area (Å²) in [5.74, 6) is 0. The molecule has 0 spiro atoms. The molecule has 0 fully saturated rings. The summed E-state index contributed by atoms with van der Waals surface area (Å²) >= 11 is 0. The number of hydrogen-bond donors (Lipinski definition) is 2. The molecule has 2 radical (unpaired) electrons. The van der Waals surface area contributed by atoms with Gasteiger partial charge in [-0.25, -0.2) is 0 Å². The van der Waals surface area contributed by atoms with Crippen molar-refractivity contribution in [2.45, 2.75) is 0 Å². The smallest absolute Gasteiger partial charge is 0.253 e. The van der Waals surface area contributed by atoms with E-state index in [1.807, 2.05) is 0 Å². The predicted molar refractivity (Wildman–Crippen MR) is 40.3 cm³/mol. The molecule has 5 heteroatoms. The maximum Gasteiger partial charge on any atom is 0.253 e. The van der Waals surface area contributed by atoms with Crippen molar-refractivity contribution in [1.82, 2.24) is 0 Å². The summed E-state index contributed by atoms with van der Waals surface area (Å²) in [5.41, 5.74) is -0.665. The molecule has 0 atom stereocenters. The van der Waals surface area contributed by atoms with Gasteiger partial charge < -0.3 is 10.5 Å². The maximum atomic E-state index is 10.6. The Bertz CT molecular complexity index is 281. The van der Waals surface area contributed by atoms with E-state index < -0.39 is 10.9 Å². The van der Waals surface area contributed by atoms with Crippen LogP contribution in [-0.4, -0.2) is 15.0 Å². The monoisotopic (exact) mass is 136 g/mol. The largest absolute Gasteiger partial charge is 0.432 e. The quantitative estimate of drug-likeness (QED) is 0.396. The summed E-state index contributed by atoms with van der Waals surface area (Å²) in [5, 5.41) is 4.68. The molecule has 0 bridgehead atoms. The Labute approximate surface area is 58.4 Å². The molecule has 0 amide bonds. The standard InChI is InChI=1S/C5H5BN2O2/c1-7-2-3(8-6)5(10)4(2)9/h7-8H,1H3. The summed E-state index contributed by atoms with van der Waals surface area (Å²) in [6, 6.07) is 0. The number of nitrogens with one attached hydrogen (secondary N) is 2. The van der Waals surface area contributed by atoms with E-state index >= 15 is 0 Å². The minimum atomic E-state index is -0.563. The molecule has 0 unspecified atom stereocenters. The van der Waals surface area contributed by atoms with Crippen molar-refractivity contribution in [3.05, 3.63) is 20.4 Å². The van der Waals surface area contributed by atoms with E-state index in [1.54, 1.807) is 7.05 Å². The van der Waals surface area contributed by atoms with E-state index in [2.05, 4.69) is 10.5 Å². The average molecular weight is 136 g/mol. The van der Waals surface area contributed by atoms with E-state index in [1.165, 1.54) is 0 Å². The first kappa shape index (κ1) is 6.86. The van der Waals surface area contributed by atoms with Gasteiger partial charge in [0.2, 0.25) is 7.98 Å². The molecule has 0 aliphatic rings. The molecule has 4 nitrogen and oxygen atoms in total. The summed E-state index contributed by atoms with van der Waals surface area (Å²) in [6.07, 6.45) is 0. The van der Waals surface area contributed by atoms with Gasteiger partial charge in [-0.15, -0.1) is 0 Å². The fourth-order valence-corrected chi connectivity index (χ4v) is 0.768. The minimum Gasteiger partial charge on any atom is -0.432 e. The van der Waals surface area contributed by atoms with Gasteiger partial charge in [0.1, 0.15) is 11.4 Å². The third-order valence-corrected chi connectivity index (χ3v) is 1.30. The molecule has 10 heavy (non-hydrogen) atoms. The van der Waals surface area contributed by atoms with Crippen LogP contribution in [0.3, 0.4) is 0 Å². The number of hydrogen-bond acceptors (Lipinski definition) is 4. The highest BCUT2D eigenvalue weighted by Gasteiger charge is 2.16. The zero-order valence-electron chi connectivity index (χ0n) is 5.39. The second-order valence-corrected chi connectivity index (χ2v) is 1.80.